The summed E-state index contributed by atoms with van der Waals surface area (Å²) in [5, 5.41) is 7.62. The number of rotatable bonds is 6. The molecule has 0 atom stereocenters. The monoisotopic (exact) mass is 280 g/mol. The lowest BCUT2D eigenvalue weighted by Crippen LogP contribution is -2.06. The van der Waals surface area contributed by atoms with Gasteiger partial charge in [-0.25, -0.2) is 0 Å². The molecule has 0 saturated carbocycles. The Morgan fingerprint density at radius 3 is 3.00 bits per heavy atom. The molecule has 94 valence electrons. The molecule has 0 aliphatic heterocycles. The van der Waals surface area contributed by atoms with Crippen LogP contribution >= 0.6 is 23.1 Å². The summed E-state index contributed by atoms with van der Waals surface area (Å²) in [5.41, 5.74) is 2.28. The maximum Gasteiger partial charge on any atom is 0.176 e. The van der Waals surface area contributed by atoms with Gasteiger partial charge in [-0.3, -0.25) is 4.79 Å². The minimum atomic E-state index is 0.0410. The average molecular weight is 280 g/mol. The van der Waals surface area contributed by atoms with Crippen LogP contribution in [0.5, 0.6) is 5.75 Å². The van der Waals surface area contributed by atoms with Gasteiger partial charge in [0, 0.05) is 0 Å². The molecule has 1 aromatic carbocycles. The first-order valence-electron chi connectivity index (χ1n) is 5.45. The Morgan fingerprint density at radius 2 is 2.28 bits per heavy atom. The van der Waals surface area contributed by atoms with E-state index in [0.29, 0.717) is 23.7 Å². The van der Waals surface area contributed by atoms with Gasteiger partial charge in [0.1, 0.15) is 11.3 Å². The summed E-state index contributed by atoms with van der Waals surface area (Å²) in [4.78, 5) is 12.1. The SMILES string of the molecule is CCOc1ccccc1C(=O)CSc1nncs1. The molecule has 18 heavy (non-hydrogen) atoms. The number of ether oxygens (including phenoxy) is 1. The largest absolute Gasteiger partial charge is 0.493 e. The topological polar surface area (TPSA) is 52.1 Å². The molecule has 1 aromatic heterocycles. The van der Waals surface area contributed by atoms with Crippen molar-refractivity contribution in [3.05, 3.63) is 35.3 Å². The summed E-state index contributed by atoms with van der Waals surface area (Å²) in [6.45, 7) is 2.45. The van der Waals surface area contributed by atoms with E-state index in [0.717, 1.165) is 4.34 Å². The third kappa shape index (κ3) is 3.30. The van der Waals surface area contributed by atoms with Gasteiger partial charge in [0.05, 0.1) is 17.9 Å². The first kappa shape index (κ1) is 13.0. The Kier molecular flexibility index (Phi) is 4.72. The first-order chi connectivity index (χ1) is 8.81. The van der Waals surface area contributed by atoms with E-state index in [4.69, 9.17) is 4.74 Å². The van der Waals surface area contributed by atoms with Crippen LogP contribution in [0.15, 0.2) is 34.1 Å². The van der Waals surface area contributed by atoms with Gasteiger partial charge in [-0.2, -0.15) is 0 Å². The number of ketones is 1. The highest BCUT2D eigenvalue weighted by atomic mass is 32.2. The van der Waals surface area contributed by atoms with Crippen molar-refractivity contribution < 1.29 is 9.53 Å². The molecule has 0 amide bonds. The van der Waals surface area contributed by atoms with Crippen LogP contribution in [0.4, 0.5) is 0 Å². The Morgan fingerprint density at radius 1 is 1.44 bits per heavy atom. The summed E-state index contributed by atoms with van der Waals surface area (Å²) in [7, 11) is 0. The van der Waals surface area contributed by atoms with E-state index >= 15 is 0 Å². The van der Waals surface area contributed by atoms with Gasteiger partial charge in [-0.05, 0) is 19.1 Å². The normalized spacial score (nSPS) is 10.3. The van der Waals surface area contributed by atoms with E-state index in [9.17, 15) is 4.79 Å². The summed E-state index contributed by atoms with van der Waals surface area (Å²) >= 11 is 2.83. The molecule has 0 aliphatic carbocycles. The molecule has 0 saturated heterocycles. The van der Waals surface area contributed by atoms with Crippen LogP contribution in [0.1, 0.15) is 17.3 Å². The highest BCUT2D eigenvalue weighted by Crippen LogP contribution is 2.24. The number of carbonyl (C=O) groups excluding carboxylic acids is 1. The molecular weight excluding hydrogens is 268 g/mol. The Balaban J connectivity index is 2.04. The number of carbonyl (C=O) groups is 1. The maximum absolute atomic E-state index is 12.1. The highest BCUT2D eigenvalue weighted by Gasteiger charge is 2.12. The smallest absolute Gasteiger partial charge is 0.176 e. The highest BCUT2D eigenvalue weighted by molar-refractivity contribution is 8.01. The number of hydrogen-bond acceptors (Lipinski definition) is 6. The second kappa shape index (κ2) is 6.51. The molecule has 0 fully saturated rings. The lowest BCUT2D eigenvalue weighted by molar-refractivity contribution is 0.101. The molecule has 1 heterocycles. The predicted molar refractivity (Wildman–Crippen MR) is 72.6 cm³/mol. The van der Waals surface area contributed by atoms with Gasteiger partial charge in [-0.1, -0.05) is 35.2 Å². The lowest BCUT2D eigenvalue weighted by atomic mass is 10.1. The van der Waals surface area contributed by atoms with E-state index in [1.807, 2.05) is 25.1 Å². The van der Waals surface area contributed by atoms with Crippen molar-refractivity contribution in [3.8, 4) is 5.75 Å². The zero-order valence-electron chi connectivity index (χ0n) is 9.83. The minimum absolute atomic E-state index is 0.0410. The molecule has 0 unspecified atom stereocenters. The Bertz CT molecular complexity index is 515. The Hall–Kier alpha value is -1.40. The van der Waals surface area contributed by atoms with Gasteiger partial charge < -0.3 is 4.74 Å². The second-order valence-corrected chi connectivity index (χ2v) is 5.40. The van der Waals surface area contributed by atoms with Gasteiger partial charge in [0.2, 0.25) is 0 Å². The van der Waals surface area contributed by atoms with Gasteiger partial charge >= 0.3 is 0 Å². The third-order valence-electron chi connectivity index (χ3n) is 2.15. The molecule has 2 rings (SSSR count). The number of benzene rings is 1. The molecule has 4 nitrogen and oxygen atoms in total. The molecule has 2 aromatic rings. The van der Waals surface area contributed by atoms with Crippen LogP contribution < -0.4 is 4.74 Å². The maximum atomic E-state index is 12.1. The number of thioether (sulfide) groups is 1. The zero-order valence-corrected chi connectivity index (χ0v) is 11.5. The van der Waals surface area contributed by atoms with Crippen molar-refractivity contribution in [1.82, 2.24) is 10.2 Å². The molecular formula is C12H12N2O2S2. The fraction of sp³-hybridized carbons (Fsp3) is 0.250. The number of para-hydroxylation sites is 1. The molecule has 0 bridgehead atoms. The van der Waals surface area contributed by atoms with E-state index in [1.54, 1.807) is 11.6 Å². The van der Waals surface area contributed by atoms with Crippen molar-refractivity contribution in [2.75, 3.05) is 12.4 Å². The average Bonchev–Trinajstić information content (AvgIpc) is 2.90. The van der Waals surface area contributed by atoms with Crippen molar-refractivity contribution in [2.24, 2.45) is 0 Å². The van der Waals surface area contributed by atoms with Gasteiger partial charge in [0.25, 0.3) is 0 Å². The molecule has 0 radical (unpaired) electrons. The van der Waals surface area contributed by atoms with Crippen molar-refractivity contribution in [2.45, 2.75) is 11.3 Å². The molecule has 0 N–H and O–H groups in total. The second-order valence-electron chi connectivity index (χ2n) is 3.35. The van der Waals surface area contributed by atoms with Crippen LogP contribution in [0, 0.1) is 0 Å². The molecule has 0 aliphatic rings. The summed E-state index contributed by atoms with van der Waals surface area (Å²) in [5.74, 6) is 1.03. The van der Waals surface area contributed by atoms with E-state index < -0.39 is 0 Å². The lowest BCUT2D eigenvalue weighted by Gasteiger charge is -2.08. The fourth-order valence-corrected chi connectivity index (χ4v) is 2.78. The number of hydrogen-bond donors (Lipinski definition) is 0. The summed E-state index contributed by atoms with van der Waals surface area (Å²) in [6, 6.07) is 7.30. The number of Topliss-reactive ketones (excluding diaryl/α,β-unsaturated/α-hetero) is 1. The van der Waals surface area contributed by atoms with Gasteiger partial charge in [0.15, 0.2) is 10.1 Å². The van der Waals surface area contributed by atoms with E-state index in [2.05, 4.69) is 10.2 Å². The van der Waals surface area contributed by atoms with Crippen LogP contribution in [0.25, 0.3) is 0 Å². The van der Waals surface area contributed by atoms with Crippen LogP contribution in [0.3, 0.4) is 0 Å². The fourth-order valence-electron chi connectivity index (χ4n) is 1.41. The van der Waals surface area contributed by atoms with Crippen molar-refractivity contribution in [1.29, 1.82) is 0 Å². The van der Waals surface area contributed by atoms with Crippen LogP contribution in [-0.2, 0) is 0 Å². The number of nitrogens with zero attached hydrogens (tertiary/aromatic N) is 2. The van der Waals surface area contributed by atoms with Crippen LogP contribution in [-0.4, -0.2) is 28.3 Å². The standard InChI is InChI=1S/C12H12N2O2S2/c1-2-16-11-6-4-3-5-9(11)10(15)7-17-12-14-13-8-18-12/h3-6,8H,2,7H2,1H3. The third-order valence-corrected chi connectivity index (χ3v) is 4.01. The van der Waals surface area contributed by atoms with E-state index in [-0.39, 0.29) is 5.78 Å². The summed E-state index contributed by atoms with van der Waals surface area (Å²) in [6.07, 6.45) is 0. The van der Waals surface area contributed by atoms with Gasteiger partial charge in [-0.15, -0.1) is 10.2 Å². The van der Waals surface area contributed by atoms with Crippen molar-refractivity contribution in [3.63, 3.8) is 0 Å². The predicted octanol–water partition coefficient (Wildman–Crippen LogP) is 2.91. The minimum Gasteiger partial charge on any atom is -0.493 e. The summed E-state index contributed by atoms with van der Waals surface area (Å²) < 4.78 is 6.24. The van der Waals surface area contributed by atoms with E-state index in [1.165, 1.54) is 23.1 Å². The molecule has 0 spiro atoms. The first-order valence-corrected chi connectivity index (χ1v) is 7.31. The van der Waals surface area contributed by atoms with Crippen LogP contribution in [0.2, 0.25) is 0 Å². The molecule has 6 heteroatoms. The Labute approximate surface area is 113 Å². The van der Waals surface area contributed by atoms with Crippen molar-refractivity contribution >= 4 is 28.9 Å². The quantitative estimate of drug-likeness (QED) is 0.601. The zero-order chi connectivity index (χ0) is 12.8. The number of aromatic nitrogens is 2.